The van der Waals surface area contributed by atoms with Gasteiger partial charge in [-0.3, -0.25) is 0 Å². The van der Waals surface area contributed by atoms with E-state index in [9.17, 15) is 9.18 Å². The number of carbonyl (C=O) groups excluding carboxylic acids is 1. The van der Waals surface area contributed by atoms with Gasteiger partial charge in [0.05, 0.1) is 24.4 Å². The lowest BCUT2D eigenvalue weighted by Gasteiger charge is -2.11. The first-order valence-electron chi connectivity index (χ1n) is 6.40. The molecule has 0 bridgehead atoms. The second-order valence-electron chi connectivity index (χ2n) is 4.84. The summed E-state index contributed by atoms with van der Waals surface area (Å²) >= 11 is 5.94. The zero-order chi connectivity index (χ0) is 15.6. The van der Waals surface area contributed by atoms with Gasteiger partial charge in [0.2, 0.25) is 0 Å². The van der Waals surface area contributed by atoms with Gasteiger partial charge in [-0.2, -0.15) is 0 Å². The summed E-state index contributed by atoms with van der Waals surface area (Å²) < 4.78 is 19.7. The van der Waals surface area contributed by atoms with Crippen LogP contribution in [0.5, 0.6) is 0 Å². The van der Waals surface area contributed by atoms with Crippen LogP contribution in [-0.2, 0) is 11.3 Å². The largest absolute Gasteiger partial charge is 0.464 e. The first-order chi connectivity index (χ1) is 9.95. The van der Waals surface area contributed by atoms with E-state index in [1.165, 1.54) is 17.9 Å². The summed E-state index contributed by atoms with van der Waals surface area (Å²) in [6.07, 6.45) is 0. The van der Waals surface area contributed by atoms with Gasteiger partial charge in [0.1, 0.15) is 5.82 Å². The SMILES string of the molecule is COC(=O)c1nnn(Cc2cccc(F)c2Cl)c1C(C)C. The molecule has 0 atom stereocenters. The maximum atomic E-state index is 13.5. The summed E-state index contributed by atoms with van der Waals surface area (Å²) in [5, 5.41) is 7.86. The molecule has 0 N–H and O–H groups in total. The normalized spacial score (nSPS) is 11.0. The van der Waals surface area contributed by atoms with E-state index in [2.05, 4.69) is 10.3 Å². The Morgan fingerprint density at radius 2 is 2.19 bits per heavy atom. The Morgan fingerprint density at radius 1 is 1.48 bits per heavy atom. The number of carbonyl (C=O) groups is 1. The molecule has 2 rings (SSSR count). The van der Waals surface area contributed by atoms with Crippen molar-refractivity contribution >= 4 is 17.6 Å². The minimum atomic E-state index is -0.546. The topological polar surface area (TPSA) is 57.0 Å². The molecular weight excluding hydrogens is 297 g/mol. The molecule has 21 heavy (non-hydrogen) atoms. The maximum Gasteiger partial charge on any atom is 0.360 e. The first-order valence-corrected chi connectivity index (χ1v) is 6.78. The third kappa shape index (κ3) is 3.05. The summed E-state index contributed by atoms with van der Waals surface area (Å²) in [6.45, 7) is 4.05. The molecule has 0 spiro atoms. The molecule has 0 aliphatic heterocycles. The Morgan fingerprint density at radius 3 is 2.81 bits per heavy atom. The lowest BCUT2D eigenvalue weighted by atomic mass is 10.1. The van der Waals surface area contributed by atoms with Crippen LogP contribution in [0.1, 0.15) is 41.5 Å². The van der Waals surface area contributed by atoms with Crippen molar-refractivity contribution in [2.24, 2.45) is 0 Å². The fourth-order valence-electron chi connectivity index (χ4n) is 2.08. The zero-order valence-corrected chi connectivity index (χ0v) is 12.7. The van der Waals surface area contributed by atoms with Gasteiger partial charge in [-0.05, 0) is 17.5 Å². The smallest absolute Gasteiger partial charge is 0.360 e. The molecule has 1 aromatic carbocycles. The maximum absolute atomic E-state index is 13.5. The molecule has 0 fully saturated rings. The molecule has 1 aromatic heterocycles. The molecule has 2 aromatic rings. The fraction of sp³-hybridized carbons (Fsp3) is 0.357. The van der Waals surface area contributed by atoms with Gasteiger partial charge in [-0.15, -0.1) is 5.10 Å². The van der Waals surface area contributed by atoms with Gasteiger partial charge in [-0.1, -0.05) is 42.8 Å². The monoisotopic (exact) mass is 311 g/mol. The minimum absolute atomic E-state index is 0.00133. The highest BCUT2D eigenvalue weighted by atomic mass is 35.5. The predicted octanol–water partition coefficient (Wildman–Crippen LogP) is 3.03. The van der Waals surface area contributed by atoms with E-state index in [4.69, 9.17) is 16.3 Å². The average Bonchev–Trinajstić information content (AvgIpc) is 2.87. The highest BCUT2D eigenvalue weighted by Crippen LogP contribution is 2.23. The van der Waals surface area contributed by atoms with Crippen molar-refractivity contribution in [1.29, 1.82) is 0 Å². The van der Waals surface area contributed by atoms with Crippen LogP contribution in [0, 0.1) is 5.82 Å². The van der Waals surface area contributed by atoms with E-state index in [1.807, 2.05) is 13.8 Å². The number of halogens is 2. The number of ether oxygens (including phenoxy) is 1. The van der Waals surface area contributed by atoms with Crippen molar-refractivity contribution in [1.82, 2.24) is 15.0 Å². The van der Waals surface area contributed by atoms with Crippen LogP contribution in [0.3, 0.4) is 0 Å². The fourth-order valence-corrected chi connectivity index (χ4v) is 2.27. The molecule has 0 aliphatic carbocycles. The lowest BCUT2D eigenvalue weighted by molar-refractivity contribution is 0.0592. The first kappa shape index (κ1) is 15.4. The minimum Gasteiger partial charge on any atom is -0.464 e. The highest BCUT2D eigenvalue weighted by molar-refractivity contribution is 6.31. The van der Waals surface area contributed by atoms with E-state index >= 15 is 0 Å². The van der Waals surface area contributed by atoms with Crippen LogP contribution in [0.25, 0.3) is 0 Å². The Bertz CT molecular complexity index is 670. The van der Waals surface area contributed by atoms with Crippen LogP contribution in [0.2, 0.25) is 5.02 Å². The Hall–Kier alpha value is -1.95. The van der Waals surface area contributed by atoms with Gasteiger partial charge in [0.15, 0.2) is 5.69 Å². The molecule has 0 amide bonds. The molecule has 1 heterocycles. The van der Waals surface area contributed by atoms with Gasteiger partial charge in [0.25, 0.3) is 0 Å². The van der Waals surface area contributed by atoms with Gasteiger partial charge in [-0.25, -0.2) is 13.9 Å². The van der Waals surface area contributed by atoms with E-state index in [1.54, 1.807) is 12.1 Å². The number of hydrogen-bond acceptors (Lipinski definition) is 4. The van der Waals surface area contributed by atoms with Crippen molar-refractivity contribution in [3.63, 3.8) is 0 Å². The lowest BCUT2D eigenvalue weighted by Crippen LogP contribution is -2.12. The van der Waals surface area contributed by atoms with Crippen molar-refractivity contribution in [2.45, 2.75) is 26.3 Å². The number of esters is 1. The Labute approximate surface area is 126 Å². The van der Waals surface area contributed by atoms with Crippen molar-refractivity contribution < 1.29 is 13.9 Å². The van der Waals surface area contributed by atoms with Crippen molar-refractivity contribution in [3.8, 4) is 0 Å². The molecule has 0 saturated carbocycles. The quantitative estimate of drug-likeness (QED) is 0.814. The van der Waals surface area contributed by atoms with E-state index in [-0.39, 0.29) is 23.2 Å². The van der Waals surface area contributed by atoms with E-state index in [0.717, 1.165) is 0 Å². The van der Waals surface area contributed by atoms with E-state index in [0.29, 0.717) is 11.3 Å². The van der Waals surface area contributed by atoms with Crippen LogP contribution in [0.4, 0.5) is 4.39 Å². The average molecular weight is 312 g/mol. The predicted molar refractivity (Wildman–Crippen MR) is 76.0 cm³/mol. The van der Waals surface area contributed by atoms with Crippen LogP contribution in [0.15, 0.2) is 18.2 Å². The Kier molecular flexibility index (Phi) is 4.57. The number of benzene rings is 1. The molecule has 0 saturated heterocycles. The second kappa shape index (κ2) is 6.22. The molecule has 0 unspecified atom stereocenters. The number of nitrogens with zero attached hydrogens (tertiary/aromatic N) is 3. The molecule has 0 radical (unpaired) electrons. The van der Waals surface area contributed by atoms with Gasteiger partial charge in [0, 0.05) is 0 Å². The number of rotatable bonds is 4. The van der Waals surface area contributed by atoms with Gasteiger partial charge < -0.3 is 4.74 Å². The summed E-state index contributed by atoms with van der Waals surface area (Å²) in [5.74, 6) is -1.04. The molecule has 0 aliphatic rings. The van der Waals surface area contributed by atoms with Crippen LogP contribution >= 0.6 is 11.6 Å². The summed E-state index contributed by atoms with van der Waals surface area (Å²) in [6, 6.07) is 4.56. The van der Waals surface area contributed by atoms with E-state index < -0.39 is 11.8 Å². The van der Waals surface area contributed by atoms with Crippen LogP contribution in [-0.4, -0.2) is 28.1 Å². The summed E-state index contributed by atoms with van der Waals surface area (Å²) in [5.41, 5.74) is 1.36. The Balaban J connectivity index is 2.43. The molecular formula is C14H15ClFN3O2. The molecule has 112 valence electrons. The van der Waals surface area contributed by atoms with Gasteiger partial charge >= 0.3 is 5.97 Å². The molecule has 5 nitrogen and oxygen atoms in total. The number of methoxy groups -OCH3 is 1. The number of hydrogen-bond donors (Lipinski definition) is 0. The van der Waals surface area contributed by atoms with Crippen molar-refractivity contribution in [2.75, 3.05) is 7.11 Å². The number of aromatic nitrogens is 3. The third-order valence-electron chi connectivity index (χ3n) is 3.05. The standard InChI is InChI=1S/C14H15ClFN3O2/c1-8(2)13-12(14(20)21-3)17-18-19(13)7-9-5-4-6-10(16)11(9)15/h4-6,8H,7H2,1-3H3. The zero-order valence-electron chi connectivity index (χ0n) is 11.9. The van der Waals surface area contributed by atoms with Crippen LogP contribution < -0.4 is 0 Å². The second-order valence-corrected chi connectivity index (χ2v) is 5.22. The highest BCUT2D eigenvalue weighted by Gasteiger charge is 2.23. The molecule has 7 heteroatoms. The van der Waals surface area contributed by atoms with Crippen molar-refractivity contribution in [3.05, 3.63) is 46.0 Å². The summed E-state index contributed by atoms with van der Waals surface area (Å²) in [4.78, 5) is 11.7. The summed E-state index contributed by atoms with van der Waals surface area (Å²) in [7, 11) is 1.29. The third-order valence-corrected chi connectivity index (χ3v) is 3.47.